The monoisotopic (exact) mass is 370 g/mol. The van der Waals surface area contributed by atoms with Crippen LogP contribution >= 0.6 is 0 Å². The molecule has 0 aromatic heterocycles. The number of hydrogen-bond donors (Lipinski definition) is 1. The van der Waals surface area contributed by atoms with E-state index in [2.05, 4.69) is 13.2 Å². The van der Waals surface area contributed by atoms with Crippen LogP contribution in [-0.4, -0.2) is 24.9 Å². The number of aromatic hydroxyl groups is 1. The van der Waals surface area contributed by atoms with Crippen LogP contribution in [0.15, 0.2) is 48.5 Å². The van der Waals surface area contributed by atoms with Gasteiger partial charge in [0.05, 0.1) is 19.8 Å². The van der Waals surface area contributed by atoms with Gasteiger partial charge in [0.1, 0.15) is 5.76 Å². The molecule has 0 heterocycles. The van der Waals surface area contributed by atoms with Gasteiger partial charge in [-0.1, -0.05) is 26.1 Å². The third kappa shape index (κ3) is 6.26. The van der Waals surface area contributed by atoms with E-state index >= 15 is 0 Å². The Bertz CT molecular complexity index is 683. The van der Waals surface area contributed by atoms with Crippen LogP contribution in [0.4, 0.5) is 13.2 Å². The fraction of sp³-hybridized carbons (Fsp3) is 0.400. The van der Waals surface area contributed by atoms with Crippen LogP contribution in [0.5, 0.6) is 5.75 Å². The lowest BCUT2D eigenvalue weighted by atomic mass is 10.0. The summed E-state index contributed by atoms with van der Waals surface area (Å²) >= 11 is 0. The van der Waals surface area contributed by atoms with Gasteiger partial charge in [0.15, 0.2) is 17.4 Å². The van der Waals surface area contributed by atoms with Crippen molar-refractivity contribution in [3.8, 4) is 5.75 Å². The van der Waals surface area contributed by atoms with Gasteiger partial charge in [-0.25, -0.2) is 8.78 Å². The van der Waals surface area contributed by atoms with Crippen molar-refractivity contribution in [1.29, 1.82) is 0 Å². The van der Waals surface area contributed by atoms with Gasteiger partial charge in [0, 0.05) is 5.92 Å². The molecule has 1 aromatic rings. The Balaban J connectivity index is 2.49. The highest BCUT2D eigenvalue weighted by Gasteiger charge is 2.15. The number of rotatable bonds is 10. The summed E-state index contributed by atoms with van der Waals surface area (Å²) in [6, 6.07) is 2.47. The maximum atomic E-state index is 13.7. The Labute approximate surface area is 152 Å². The first kappa shape index (κ1) is 21.8. The average Bonchev–Trinajstić information content (AvgIpc) is 2.62. The maximum Gasteiger partial charge on any atom is 0.200 e. The molecule has 6 heteroatoms. The van der Waals surface area contributed by atoms with Crippen molar-refractivity contribution in [3.05, 3.63) is 65.7 Å². The predicted octanol–water partition coefficient (Wildman–Crippen LogP) is 5.21. The first-order valence-corrected chi connectivity index (χ1v) is 8.24. The lowest BCUT2D eigenvalue weighted by Gasteiger charge is -2.18. The van der Waals surface area contributed by atoms with E-state index in [0.29, 0.717) is 18.6 Å². The Kier molecular flexibility index (Phi) is 8.45. The predicted molar refractivity (Wildman–Crippen MR) is 95.4 cm³/mol. The van der Waals surface area contributed by atoms with Gasteiger partial charge in [-0.2, -0.15) is 4.39 Å². The van der Waals surface area contributed by atoms with Gasteiger partial charge in [-0.15, -0.1) is 0 Å². The zero-order chi connectivity index (χ0) is 19.9. The fourth-order valence-corrected chi connectivity index (χ4v) is 2.11. The van der Waals surface area contributed by atoms with Gasteiger partial charge in [-0.3, -0.25) is 0 Å². The molecule has 0 amide bonds. The third-order valence-electron chi connectivity index (χ3n) is 4.05. The summed E-state index contributed by atoms with van der Waals surface area (Å²) in [6.07, 6.45) is 1.76. The van der Waals surface area contributed by atoms with Crippen LogP contribution in [0.1, 0.15) is 25.8 Å². The number of hydrogen-bond acceptors (Lipinski definition) is 3. The minimum Gasteiger partial charge on any atom is -0.505 e. The summed E-state index contributed by atoms with van der Waals surface area (Å²) in [5.41, 5.74) is 0.704. The summed E-state index contributed by atoms with van der Waals surface area (Å²) in [7, 11) is 1.33. The quantitative estimate of drug-likeness (QED) is 0.454. The van der Waals surface area contributed by atoms with Crippen molar-refractivity contribution in [2.75, 3.05) is 13.7 Å². The number of ether oxygens (including phenoxy) is 2. The van der Waals surface area contributed by atoms with Gasteiger partial charge >= 0.3 is 0 Å². The van der Waals surface area contributed by atoms with Crippen LogP contribution in [0.25, 0.3) is 0 Å². The number of benzene rings is 1. The lowest BCUT2D eigenvalue weighted by Crippen LogP contribution is -2.16. The molecule has 2 unspecified atom stereocenters. The van der Waals surface area contributed by atoms with E-state index < -0.39 is 23.2 Å². The van der Waals surface area contributed by atoms with Gasteiger partial charge in [0.2, 0.25) is 5.82 Å². The van der Waals surface area contributed by atoms with Crippen molar-refractivity contribution in [1.82, 2.24) is 0 Å². The van der Waals surface area contributed by atoms with Gasteiger partial charge in [-0.05, 0) is 43.0 Å². The first-order valence-electron chi connectivity index (χ1n) is 8.24. The molecule has 0 aliphatic rings. The van der Waals surface area contributed by atoms with E-state index in [4.69, 9.17) is 14.6 Å². The third-order valence-corrected chi connectivity index (χ3v) is 4.05. The summed E-state index contributed by atoms with van der Waals surface area (Å²) in [4.78, 5) is 0. The second-order valence-electron chi connectivity index (χ2n) is 6.15. The lowest BCUT2D eigenvalue weighted by molar-refractivity contribution is 0.0462. The Hall–Kier alpha value is -2.21. The van der Waals surface area contributed by atoms with Gasteiger partial charge in [0.25, 0.3) is 0 Å². The summed E-state index contributed by atoms with van der Waals surface area (Å²) in [5, 5.41) is 9.12. The molecule has 0 saturated carbocycles. The number of phenols is 1. The molecule has 3 nitrogen and oxygen atoms in total. The number of halogens is 3. The average molecular weight is 370 g/mol. The van der Waals surface area contributed by atoms with Crippen molar-refractivity contribution < 1.29 is 27.8 Å². The number of allylic oxidation sites excluding steroid dienone is 2. The molecule has 0 bridgehead atoms. The Morgan fingerprint density at radius 2 is 1.88 bits per heavy atom. The molecule has 26 heavy (non-hydrogen) atoms. The van der Waals surface area contributed by atoms with Crippen LogP contribution in [0, 0.1) is 17.6 Å². The maximum absolute atomic E-state index is 13.7. The Morgan fingerprint density at radius 3 is 2.50 bits per heavy atom. The normalized spacial score (nSPS) is 14.0. The molecule has 0 spiro atoms. The zero-order valence-corrected chi connectivity index (χ0v) is 15.3. The zero-order valence-electron chi connectivity index (χ0n) is 15.3. The highest BCUT2D eigenvalue weighted by molar-refractivity contribution is 5.30. The van der Waals surface area contributed by atoms with Crippen molar-refractivity contribution in [2.45, 2.75) is 32.8 Å². The Morgan fingerprint density at radius 1 is 1.23 bits per heavy atom. The SMILES string of the molecule is C=C(OC)/C(F)=C\C(=C)C(C)COC(C)CCc1ccc(O)c(F)c1F. The molecular weight excluding hydrogens is 345 g/mol. The van der Waals surface area contributed by atoms with E-state index in [1.165, 1.54) is 19.3 Å². The van der Waals surface area contributed by atoms with Crippen molar-refractivity contribution in [2.24, 2.45) is 5.92 Å². The van der Waals surface area contributed by atoms with Crippen LogP contribution in [-0.2, 0) is 15.9 Å². The molecule has 1 aromatic carbocycles. The molecule has 0 saturated heterocycles. The largest absolute Gasteiger partial charge is 0.505 e. The molecule has 0 aliphatic carbocycles. The smallest absolute Gasteiger partial charge is 0.200 e. The van der Waals surface area contributed by atoms with E-state index in [1.807, 2.05) is 13.8 Å². The molecule has 144 valence electrons. The highest BCUT2D eigenvalue weighted by atomic mass is 19.2. The molecule has 0 aliphatic heterocycles. The minimum absolute atomic E-state index is 0.0733. The fourth-order valence-electron chi connectivity index (χ4n) is 2.11. The van der Waals surface area contributed by atoms with E-state index in [0.717, 1.165) is 6.07 Å². The number of methoxy groups -OCH3 is 1. The van der Waals surface area contributed by atoms with Gasteiger partial charge < -0.3 is 14.6 Å². The first-order chi connectivity index (χ1) is 12.2. The molecular formula is C20H25F3O3. The molecule has 2 atom stereocenters. The second kappa shape index (κ2) is 10.1. The molecule has 0 fully saturated rings. The van der Waals surface area contributed by atoms with Crippen LogP contribution in [0.3, 0.4) is 0 Å². The minimum atomic E-state index is -1.24. The van der Waals surface area contributed by atoms with Crippen LogP contribution < -0.4 is 0 Å². The summed E-state index contributed by atoms with van der Waals surface area (Å²) < 4.78 is 51.1. The van der Waals surface area contributed by atoms with Crippen molar-refractivity contribution in [3.63, 3.8) is 0 Å². The van der Waals surface area contributed by atoms with E-state index in [-0.39, 0.29) is 29.8 Å². The van der Waals surface area contributed by atoms with Crippen LogP contribution in [0.2, 0.25) is 0 Å². The summed E-state index contributed by atoms with van der Waals surface area (Å²) in [5.74, 6) is -3.81. The number of phenolic OH excluding ortho intramolecular Hbond substituents is 1. The van der Waals surface area contributed by atoms with E-state index in [1.54, 1.807) is 0 Å². The summed E-state index contributed by atoms with van der Waals surface area (Å²) in [6.45, 7) is 11.2. The standard InChI is InChI=1S/C20H25F3O3/c1-12(10-17(21)15(4)25-5)13(2)11-26-14(3)6-7-16-8-9-18(24)20(23)19(16)22/h8-10,13-14,24H,1,4,6-7,11H2,2-3,5H3/b17-10+. The molecule has 1 N–H and O–H groups in total. The molecule has 1 rings (SSSR count). The topological polar surface area (TPSA) is 38.7 Å². The second-order valence-corrected chi connectivity index (χ2v) is 6.15. The van der Waals surface area contributed by atoms with Crippen molar-refractivity contribution >= 4 is 0 Å². The molecule has 0 radical (unpaired) electrons. The van der Waals surface area contributed by atoms with E-state index in [9.17, 15) is 13.2 Å². The number of aryl methyl sites for hydroxylation is 1. The highest BCUT2D eigenvalue weighted by Crippen LogP contribution is 2.23.